The average Bonchev–Trinajstić information content (AvgIpc) is 2.47. The highest BCUT2D eigenvalue weighted by Gasteiger charge is 2.18. The molecule has 0 saturated carbocycles. The Hall–Kier alpha value is -1.41. The number of anilines is 1. The lowest BCUT2D eigenvalue weighted by Gasteiger charge is -2.38. The number of hydrogen-bond donors (Lipinski definition) is 0. The van der Waals surface area contributed by atoms with E-state index in [2.05, 4.69) is 85.0 Å². The van der Waals surface area contributed by atoms with Crippen LogP contribution in [-0.2, 0) is 0 Å². The lowest BCUT2D eigenvalue weighted by atomic mass is 10.3. The first kappa shape index (κ1) is 14.0. The Labute approximate surface area is 118 Å². The lowest BCUT2D eigenvalue weighted by Crippen LogP contribution is -2.27. The highest BCUT2D eigenvalue weighted by Crippen LogP contribution is 2.49. The molecule has 0 N–H and O–H groups in total. The molecule has 19 heavy (non-hydrogen) atoms. The van der Waals surface area contributed by atoms with Gasteiger partial charge in [0.15, 0.2) is 0 Å². The van der Waals surface area contributed by atoms with E-state index < -0.39 is 10.0 Å². The Kier molecular flexibility index (Phi) is 4.54. The predicted molar refractivity (Wildman–Crippen MR) is 88.5 cm³/mol. The van der Waals surface area contributed by atoms with Gasteiger partial charge in [-0.3, -0.25) is 0 Å². The van der Waals surface area contributed by atoms with Crippen LogP contribution in [0.25, 0.3) is 0 Å². The standard InChI is InChI=1S/C17H23NS/c1-4-18(16-11-7-5-8-12-16)15-19(2,3)17-13-9-6-10-14-17/h5-14H,4,15H2,1-3H3. The van der Waals surface area contributed by atoms with Crippen molar-refractivity contribution in [3.05, 3.63) is 60.7 Å². The van der Waals surface area contributed by atoms with Gasteiger partial charge in [-0.25, -0.2) is 10.0 Å². The first-order valence-corrected chi connectivity index (χ1v) is 9.31. The van der Waals surface area contributed by atoms with Crippen molar-refractivity contribution in [1.29, 1.82) is 0 Å². The van der Waals surface area contributed by atoms with E-state index in [0.717, 1.165) is 12.4 Å². The van der Waals surface area contributed by atoms with Crippen LogP contribution >= 0.6 is 10.0 Å². The smallest absolute Gasteiger partial charge is 0.0519 e. The normalized spacial score (nSPS) is 12.2. The molecule has 0 aliphatic carbocycles. The Bertz CT molecular complexity index is 493. The summed E-state index contributed by atoms with van der Waals surface area (Å²) in [6.07, 6.45) is 4.79. The maximum atomic E-state index is 2.47. The maximum Gasteiger partial charge on any atom is 0.0519 e. The molecule has 2 rings (SSSR count). The van der Waals surface area contributed by atoms with Gasteiger partial charge in [0.1, 0.15) is 0 Å². The molecular formula is C17H23NS. The molecule has 102 valence electrons. The molecule has 2 aromatic carbocycles. The van der Waals surface area contributed by atoms with Gasteiger partial charge in [0.2, 0.25) is 0 Å². The zero-order valence-electron chi connectivity index (χ0n) is 12.0. The molecule has 2 aromatic rings. The van der Waals surface area contributed by atoms with Crippen molar-refractivity contribution in [2.75, 3.05) is 29.8 Å². The van der Waals surface area contributed by atoms with E-state index >= 15 is 0 Å². The molecule has 0 heterocycles. The molecule has 0 aliphatic rings. The minimum Gasteiger partial charge on any atom is -0.364 e. The molecule has 0 aromatic heterocycles. The molecule has 0 saturated heterocycles. The molecule has 0 bridgehead atoms. The van der Waals surface area contributed by atoms with Crippen LogP contribution < -0.4 is 4.90 Å². The van der Waals surface area contributed by atoms with Gasteiger partial charge < -0.3 is 4.90 Å². The third kappa shape index (κ3) is 3.54. The van der Waals surface area contributed by atoms with E-state index in [0.29, 0.717) is 0 Å². The number of hydrogen-bond acceptors (Lipinski definition) is 1. The minimum absolute atomic E-state index is 0.794. The summed E-state index contributed by atoms with van der Waals surface area (Å²) in [6.45, 7) is 3.28. The lowest BCUT2D eigenvalue weighted by molar-refractivity contribution is 0.940. The summed E-state index contributed by atoms with van der Waals surface area (Å²) < 4.78 is 0. The van der Waals surface area contributed by atoms with Gasteiger partial charge in [0.05, 0.1) is 5.88 Å². The quantitative estimate of drug-likeness (QED) is 0.770. The molecule has 0 aliphatic heterocycles. The van der Waals surface area contributed by atoms with Crippen molar-refractivity contribution in [1.82, 2.24) is 0 Å². The monoisotopic (exact) mass is 273 g/mol. The van der Waals surface area contributed by atoms with Crippen molar-refractivity contribution in [2.45, 2.75) is 11.8 Å². The first-order chi connectivity index (χ1) is 9.13. The summed E-state index contributed by atoms with van der Waals surface area (Å²) in [5.41, 5.74) is 1.32. The Morgan fingerprint density at radius 1 is 0.842 bits per heavy atom. The summed E-state index contributed by atoms with van der Waals surface area (Å²) in [5, 5.41) is 0. The minimum atomic E-state index is -0.794. The average molecular weight is 273 g/mol. The molecule has 0 radical (unpaired) electrons. The molecule has 0 spiro atoms. The summed E-state index contributed by atoms with van der Waals surface area (Å²) in [7, 11) is -0.794. The van der Waals surface area contributed by atoms with E-state index in [1.165, 1.54) is 10.6 Å². The van der Waals surface area contributed by atoms with Crippen molar-refractivity contribution in [2.24, 2.45) is 0 Å². The van der Waals surface area contributed by atoms with E-state index in [-0.39, 0.29) is 0 Å². The second kappa shape index (κ2) is 6.16. The van der Waals surface area contributed by atoms with Crippen molar-refractivity contribution in [3.63, 3.8) is 0 Å². The molecule has 1 nitrogen and oxygen atoms in total. The third-order valence-corrected chi connectivity index (χ3v) is 5.87. The zero-order chi connectivity index (χ0) is 13.7. The fourth-order valence-corrected chi connectivity index (χ4v) is 4.39. The SMILES string of the molecule is CCN(CS(C)(C)c1ccccc1)c1ccccc1. The van der Waals surface area contributed by atoms with E-state index in [1.807, 2.05) is 0 Å². The number of nitrogens with zero attached hydrogens (tertiary/aromatic N) is 1. The summed E-state index contributed by atoms with van der Waals surface area (Å²) >= 11 is 0. The van der Waals surface area contributed by atoms with Crippen LogP contribution in [0, 0.1) is 0 Å². The predicted octanol–water partition coefficient (Wildman–Crippen LogP) is 4.59. The number of rotatable bonds is 5. The van der Waals surface area contributed by atoms with Crippen molar-refractivity contribution in [3.8, 4) is 0 Å². The third-order valence-electron chi connectivity index (χ3n) is 3.36. The highest BCUT2D eigenvalue weighted by atomic mass is 32.3. The van der Waals surface area contributed by atoms with Gasteiger partial charge in [-0.15, -0.1) is 0 Å². The summed E-state index contributed by atoms with van der Waals surface area (Å²) in [5.74, 6) is 1.11. The van der Waals surface area contributed by atoms with Gasteiger partial charge in [-0.05, 0) is 36.5 Å². The Morgan fingerprint density at radius 2 is 1.37 bits per heavy atom. The van der Waals surface area contributed by atoms with Gasteiger partial charge >= 0.3 is 0 Å². The van der Waals surface area contributed by atoms with Gasteiger partial charge in [-0.2, -0.15) is 0 Å². The van der Waals surface area contributed by atoms with Crippen LogP contribution in [0.1, 0.15) is 6.92 Å². The van der Waals surface area contributed by atoms with Crippen LogP contribution in [0.15, 0.2) is 65.6 Å². The number of para-hydroxylation sites is 1. The van der Waals surface area contributed by atoms with E-state index in [1.54, 1.807) is 0 Å². The van der Waals surface area contributed by atoms with Crippen LogP contribution in [0.5, 0.6) is 0 Å². The molecule has 2 heteroatoms. The molecule has 0 atom stereocenters. The second-order valence-electron chi connectivity index (χ2n) is 5.17. The van der Waals surface area contributed by atoms with Crippen molar-refractivity contribution < 1.29 is 0 Å². The summed E-state index contributed by atoms with van der Waals surface area (Å²) in [4.78, 5) is 3.95. The molecule has 0 amide bonds. The van der Waals surface area contributed by atoms with Crippen LogP contribution in [0.4, 0.5) is 5.69 Å². The molecule has 0 fully saturated rings. The van der Waals surface area contributed by atoms with Crippen LogP contribution in [0.2, 0.25) is 0 Å². The number of benzene rings is 2. The van der Waals surface area contributed by atoms with E-state index in [9.17, 15) is 0 Å². The van der Waals surface area contributed by atoms with Crippen LogP contribution in [-0.4, -0.2) is 24.9 Å². The second-order valence-corrected chi connectivity index (χ2v) is 8.98. The van der Waals surface area contributed by atoms with Gasteiger partial charge in [0, 0.05) is 12.2 Å². The topological polar surface area (TPSA) is 3.24 Å². The molecule has 0 unspecified atom stereocenters. The van der Waals surface area contributed by atoms with Gasteiger partial charge in [0.25, 0.3) is 0 Å². The first-order valence-electron chi connectivity index (χ1n) is 6.69. The Morgan fingerprint density at radius 3 is 1.89 bits per heavy atom. The fourth-order valence-electron chi connectivity index (χ4n) is 2.24. The Balaban J connectivity index is 2.19. The van der Waals surface area contributed by atoms with Gasteiger partial charge in [-0.1, -0.05) is 48.5 Å². The zero-order valence-corrected chi connectivity index (χ0v) is 12.9. The largest absolute Gasteiger partial charge is 0.364 e. The van der Waals surface area contributed by atoms with E-state index in [4.69, 9.17) is 0 Å². The van der Waals surface area contributed by atoms with Crippen LogP contribution in [0.3, 0.4) is 0 Å². The maximum absolute atomic E-state index is 2.47. The van der Waals surface area contributed by atoms with Crippen molar-refractivity contribution >= 4 is 15.7 Å². The highest BCUT2D eigenvalue weighted by molar-refractivity contribution is 8.32. The molecular weight excluding hydrogens is 250 g/mol. The fraction of sp³-hybridized carbons (Fsp3) is 0.294. The summed E-state index contributed by atoms with van der Waals surface area (Å²) in [6, 6.07) is 21.6.